The molecule has 92 valence electrons. The molecule has 2 N–H and O–H groups in total. The average Bonchev–Trinajstić information content (AvgIpc) is 2.25. The molecule has 0 bridgehead atoms. The second-order valence-corrected chi connectivity index (χ2v) is 3.54. The van der Waals surface area contributed by atoms with Gasteiger partial charge in [0.25, 0.3) is 0 Å². The van der Waals surface area contributed by atoms with Crippen molar-refractivity contribution in [1.29, 1.82) is 0 Å². The molecule has 1 aromatic heterocycles. The van der Waals surface area contributed by atoms with Crippen LogP contribution in [-0.2, 0) is 9.59 Å². The smallest absolute Gasteiger partial charge is 0.329 e. The predicted octanol–water partition coefficient (Wildman–Crippen LogP) is 0.358. The summed E-state index contributed by atoms with van der Waals surface area (Å²) in [6, 6.07) is 2.38. The van der Waals surface area contributed by atoms with E-state index in [1.54, 1.807) is 12.1 Å². The minimum absolute atomic E-state index is 0.139. The first-order valence-corrected chi connectivity index (χ1v) is 5.04. The predicted molar refractivity (Wildman–Crippen MR) is 59.7 cm³/mol. The van der Waals surface area contributed by atoms with Crippen molar-refractivity contribution >= 4 is 11.9 Å². The quantitative estimate of drug-likeness (QED) is 0.773. The van der Waals surface area contributed by atoms with Crippen molar-refractivity contribution in [3.05, 3.63) is 24.0 Å². The van der Waals surface area contributed by atoms with E-state index in [-0.39, 0.29) is 6.61 Å². The van der Waals surface area contributed by atoms with Gasteiger partial charge in [-0.1, -0.05) is 0 Å². The van der Waals surface area contributed by atoms with E-state index < -0.39 is 17.9 Å². The lowest BCUT2D eigenvalue weighted by Crippen LogP contribution is -2.43. The average molecular weight is 238 g/mol. The van der Waals surface area contributed by atoms with Crippen molar-refractivity contribution in [2.75, 3.05) is 6.61 Å². The second kappa shape index (κ2) is 5.83. The second-order valence-electron chi connectivity index (χ2n) is 3.54. The van der Waals surface area contributed by atoms with E-state index in [0.717, 1.165) is 5.69 Å². The first-order valence-electron chi connectivity index (χ1n) is 5.04. The summed E-state index contributed by atoms with van der Waals surface area (Å²) in [4.78, 5) is 25.6. The molecule has 1 rings (SSSR count). The number of hydrogen-bond donors (Lipinski definition) is 2. The number of carboxylic acids is 1. The lowest BCUT2D eigenvalue weighted by atomic mass is 10.3. The molecule has 6 nitrogen and oxygen atoms in total. The third-order valence-corrected chi connectivity index (χ3v) is 1.98. The Morgan fingerprint density at radius 1 is 1.53 bits per heavy atom. The van der Waals surface area contributed by atoms with E-state index in [4.69, 9.17) is 9.84 Å². The summed E-state index contributed by atoms with van der Waals surface area (Å²) in [6.07, 6.45) is 1.50. The van der Waals surface area contributed by atoms with Crippen molar-refractivity contribution in [2.45, 2.75) is 19.9 Å². The molecule has 0 spiro atoms. The highest BCUT2D eigenvalue weighted by Gasteiger charge is 2.19. The maximum absolute atomic E-state index is 10.8. The lowest BCUT2D eigenvalue weighted by Gasteiger charge is -2.14. The number of nitrogens with zero attached hydrogens (tertiary/aromatic N) is 1. The fourth-order valence-corrected chi connectivity index (χ4v) is 1.14. The zero-order chi connectivity index (χ0) is 12.8. The Morgan fingerprint density at radius 3 is 2.71 bits per heavy atom. The summed E-state index contributed by atoms with van der Waals surface area (Å²) < 4.78 is 5.23. The van der Waals surface area contributed by atoms with Gasteiger partial charge in [-0.05, 0) is 19.1 Å². The SMILES string of the molecule is CC(=O)NC(COc1ccc(C)nc1)C(=O)O. The first-order chi connectivity index (χ1) is 7.99. The van der Waals surface area contributed by atoms with Gasteiger partial charge >= 0.3 is 5.97 Å². The van der Waals surface area contributed by atoms with Crippen LogP contribution < -0.4 is 10.1 Å². The van der Waals surface area contributed by atoms with Crippen LogP contribution in [0.25, 0.3) is 0 Å². The molecule has 1 atom stereocenters. The Hall–Kier alpha value is -2.11. The molecule has 1 aromatic rings. The molecule has 1 heterocycles. The molecule has 0 fully saturated rings. The topological polar surface area (TPSA) is 88.5 Å². The van der Waals surface area contributed by atoms with Gasteiger partial charge in [0.05, 0.1) is 6.20 Å². The third-order valence-electron chi connectivity index (χ3n) is 1.98. The minimum Gasteiger partial charge on any atom is -0.489 e. The van der Waals surface area contributed by atoms with Crippen LogP contribution in [0.4, 0.5) is 0 Å². The number of aliphatic carboxylic acids is 1. The molecule has 0 aliphatic heterocycles. The summed E-state index contributed by atoms with van der Waals surface area (Å²) in [6.45, 7) is 2.95. The Kier molecular flexibility index (Phi) is 4.45. The number of carboxylic acid groups (broad SMARTS) is 1. The number of nitrogens with one attached hydrogen (secondary N) is 1. The van der Waals surface area contributed by atoms with Gasteiger partial charge < -0.3 is 15.2 Å². The van der Waals surface area contributed by atoms with Crippen molar-refractivity contribution < 1.29 is 19.4 Å². The number of ether oxygens (including phenoxy) is 1. The summed E-state index contributed by atoms with van der Waals surface area (Å²) in [5.41, 5.74) is 0.842. The van der Waals surface area contributed by atoms with Gasteiger partial charge in [0.2, 0.25) is 5.91 Å². The van der Waals surface area contributed by atoms with E-state index in [1.807, 2.05) is 6.92 Å². The van der Waals surface area contributed by atoms with Gasteiger partial charge in [-0.25, -0.2) is 4.79 Å². The number of aryl methyl sites for hydroxylation is 1. The standard InChI is InChI=1S/C11H14N2O4/c1-7-3-4-9(5-12-7)17-6-10(11(15)16)13-8(2)14/h3-5,10H,6H2,1-2H3,(H,13,14)(H,15,16). The number of rotatable bonds is 5. The van der Waals surface area contributed by atoms with Crippen LogP contribution in [-0.4, -0.2) is 34.6 Å². The van der Waals surface area contributed by atoms with Crippen molar-refractivity contribution in [1.82, 2.24) is 10.3 Å². The lowest BCUT2D eigenvalue weighted by molar-refractivity contribution is -0.142. The molecule has 17 heavy (non-hydrogen) atoms. The number of carbonyl (C=O) groups is 2. The highest BCUT2D eigenvalue weighted by Crippen LogP contribution is 2.08. The minimum atomic E-state index is -1.14. The van der Waals surface area contributed by atoms with Gasteiger partial charge in [0, 0.05) is 12.6 Å². The Balaban J connectivity index is 2.54. The Morgan fingerprint density at radius 2 is 2.24 bits per heavy atom. The fourth-order valence-electron chi connectivity index (χ4n) is 1.14. The molecule has 6 heteroatoms. The molecule has 0 aliphatic carbocycles. The van der Waals surface area contributed by atoms with E-state index in [2.05, 4.69) is 10.3 Å². The van der Waals surface area contributed by atoms with Gasteiger partial charge in [-0.15, -0.1) is 0 Å². The molecule has 0 aromatic carbocycles. The van der Waals surface area contributed by atoms with Gasteiger partial charge in [-0.2, -0.15) is 0 Å². The summed E-state index contributed by atoms with van der Waals surface area (Å²) in [5.74, 6) is -1.09. The molecule has 0 radical (unpaired) electrons. The molecule has 1 unspecified atom stereocenters. The maximum atomic E-state index is 10.8. The van der Waals surface area contributed by atoms with Crippen LogP contribution in [0.2, 0.25) is 0 Å². The Bertz CT molecular complexity index is 402. The van der Waals surface area contributed by atoms with Crippen LogP contribution in [0.5, 0.6) is 5.75 Å². The van der Waals surface area contributed by atoms with Crippen LogP contribution in [0.3, 0.4) is 0 Å². The molecule has 0 saturated heterocycles. The third kappa shape index (κ3) is 4.50. The van der Waals surface area contributed by atoms with Crippen molar-refractivity contribution in [3.63, 3.8) is 0 Å². The maximum Gasteiger partial charge on any atom is 0.329 e. The van der Waals surface area contributed by atoms with E-state index in [9.17, 15) is 9.59 Å². The summed E-state index contributed by atoms with van der Waals surface area (Å²) in [5, 5.41) is 11.1. The van der Waals surface area contributed by atoms with Gasteiger partial charge in [-0.3, -0.25) is 9.78 Å². The molecular formula is C11H14N2O4. The highest BCUT2D eigenvalue weighted by atomic mass is 16.5. The van der Waals surface area contributed by atoms with Crippen LogP contribution >= 0.6 is 0 Å². The molecule has 0 aliphatic rings. The molecular weight excluding hydrogens is 224 g/mol. The first kappa shape index (κ1) is 13.0. The number of aromatic nitrogens is 1. The summed E-state index contributed by atoms with van der Waals surface area (Å²) in [7, 11) is 0. The molecule has 1 amide bonds. The fraction of sp³-hybridized carbons (Fsp3) is 0.364. The van der Waals surface area contributed by atoms with Crippen LogP contribution in [0.1, 0.15) is 12.6 Å². The number of amides is 1. The van der Waals surface area contributed by atoms with E-state index >= 15 is 0 Å². The highest BCUT2D eigenvalue weighted by molar-refractivity contribution is 5.82. The van der Waals surface area contributed by atoms with E-state index in [1.165, 1.54) is 13.1 Å². The van der Waals surface area contributed by atoms with Crippen LogP contribution in [0, 0.1) is 6.92 Å². The monoisotopic (exact) mass is 238 g/mol. The normalized spacial score (nSPS) is 11.6. The van der Waals surface area contributed by atoms with E-state index in [0.29, 0.717) is 5.75 Å². The number of carbonyl (C=O) groups excluding carboxylic acids is 1. The van der Waals surface area contributed by atoms with Crippen molar-refractivity contribution in [3.8, 4) is 5.75 Å². The molecule has 0 saturated carbocycles. The number of hydrogen-bond acceptors (Lipinski definition) is 4. The summed E-state index contributed by atoms with van der Waals surface area (Å²) >= 11 is 0. The largest absolute Gasteiger partial charge is 0.489 e. The number of pyridine rings is 1. The van der Waals surface area contributed by atoms with Crippen molar-refractivity contribution in [2.24, 2.45) is 0 Å². The zero-order valence-electron chi connectivity index (χ0n) is 9.64. The Labute approximate surface area is 98.6 Å². The zero-order valence-corrected chi connectivity index (χ0v) is 9.64. The van der Waals surface area contributed by atoms with Crippen LogP contribution in [0.15, 0.2) is 18.3 Å². The van der Waals surface area contributed by atoms with Gasteiger partial charge in [0.1, 0.15) is 12.4 Å². The van der Waals surface area contributed by atoms with Gasteiger partial charge in [0.15, 0.2) is 6.04 Å².